The molecule has 3 nitrogen and oxygen atoms in total. The van der Waals surface area contributed by atoms with Gasteiger partial charge in [0.1, 0.15) is 25.7 Å². The van der Waals surface area contributed by atoms with Gasteiger partial charge in [0.05, 0.1) is 5.69 Å². The summed E-state index contributed by atoms with van der Waals surface area (Å²) < 4.78 is 2.34. The smallest absolute Gasteiger partial charge is 0.118 e. The van der Waals surface area contributed by atoms with Gasteiger partial charge < -0.3 is 14.6 Å². The quantitative estimate of drug-likeness (QED) is 0.549. The van der Waals surface area contributed by atoms with Crippen molar-refractivity contribution < 1.29 is 10.0 Å². The van der Waals surface area contributed by atoms with Crippen LogP contribution in [-0.2, 0) is 25.0 Å². The minimum atomic E-state index is -0.267. The molecular formula is C27H37N2O+. The standard InChI is InChI=1S/C27H36N2O/c1-5-26(30)21-28(18-22-10-7-6-8-11-22)20-25-12-9-17-29(25)19-23-13-15-24(16-14-23)27(2,3)4/h6-17,26,30H,5,18-21H2,1-4H3/p+1/t26-/m0/s1. The molecule has 0 aliphatic carbocycles. The Balaban J connectivity index is 1.72. The first-order valence-corrected chi connectivity index (χ1v) is 11.1. The van der Waals surface area contributed by atoms with Crippen molar-refractivity contribution in [3.63, 3.8) is 0 Å². The number of nitrogens with zero attached hydrogens (tertiary/aromatic N) is 1. The van der Waals surface area contributed by atoms with Crippen LogP contribution < -0.4 is 4.90 Å². The van der Waals surface area contributed by atoms with Crippen molar-refractivity contribution in [2.75, 3.05) is 6.54 Å². The summed E-state index contributed by atoms with van der Waals surface area (Å²) in [5.41, 5.74) is 5.49. The fraction of sp³-hybridized carbons (Fsp3) is 0.407. The molecule has 30 heavy (non-hydrogen) atoms. The molecule has 2 N–H and O–H groups in total. The number of nitrogens with one attached hydrogen (secondary N) is 1. The van der Waals surface area contributed by atoms with Gasteiger partial charge in [0.15, 0.2) is 0 Å². The van der Waals surface area contributed by atoms with Gasteiger partial charge in [0.2, 0.25) is 0 Å². The maximum absolute atomic E-state index is 10.3. The van der Waals surface area contributed by atoms with Crippen molar-refractivity contribution in [1.29, 1.82) is 0 Å². The van der Waals surface area contributed by atoms with Crippen molar-refractivity contribution in [1.82, 2.24) is 4.57 Å². The number of hydrogen-bond acceptors (Lipinski definition) is 1. The van der Waals surface area contributed by atoms with Crippen LogP contribution in [0.4, 0.5) is 0 Å². The Bertz CT molecular complexity index is 891. The summed E-state index contributed by atoms with van der Waals surface area (Å²) in [6.07, 6.45) is 2.69. The Kier molecular flexibility index (Phi) is 7.52. The van der Waals surface area contributed by atoms with E-state index in [9.17, 15) is 5.11 Å². The fourth-order valence-corrected chi connectivity index (χ4v) is 3.90. The maximum Gasteiger partial charge on any atom is 0.118 e. The summed E-state index contributed by atoms with van der Waals surface area (Å²) in [4.78, 5) is 1.39. The second-order valence-corrected chi connectivity index (χ2v) is 9.43. The molecule has 2 atom stereocenters. The van der Waals surface area contributed by atoms with Gasteiger partial charge in [-0.15, -0.1) is 0 Å². The average molecular weight is 406 g/mol. The van der Waals surface area contributed by atoms with Gasteiger partial charge in [-0.05, 0) is 35.1 Å². The van der Waals surface area contributed by atoms with Crippen molar-refractivity contribution in [2.45, 2.75) is 65.3 Å². The Morgan fingerprint density at radius 1 is 0.867 bits per heavy atom. The molecule has 3 aromatic rings. The molecule has 0 fully saturated rings. The number of aromatic nitrogens is 1. The molecule has 0 saturated carbocycles. The Labute approximate surface area is 182 Å². The minimum absolute atomic E-state index is 0.179. The topological polar surface area (TPSA) is 29.6 Å². The van der Waals surface area contributed by atoms with E-state index in [1.807, 2.05) is 0 Å². The first-order valence-electron chi connectivity index (χ1n) is 11.1. The highest BCUT2D eigenvalue weighted by atomic mass is 16.3. The van der Waals surface area contributed by atoms with Gasteiger partial charge in [-0.25, -0.2) is 0 Å². The predicted molar refractivity (Wildman–Crippen MR) is 125 cm³/mol. The third kappa shape index (κ3) is 6.32. The fourth-order valence-electron chi connectivity index (χ4n) is 3.90. The molecule has 3 heteroatoms. The molecule has 1 unspecified atom stereocenters. The van der Waals surface area contributed by atoms with Gasteiger partial charge >= 0.3 is 0 Å². The average Bonchev–Trinajstić information content (AvgIpc) is 3.14. The van der Waals surface area contributed by atoms with E-state index >= 15 is 0 Å². The molecule has 1 aromatic heterocycles. The van der Waals surface area contributed by atoms with Crippen LogP contribution in [0.25, 0.3) is 0 Å². The SMILES string of the molecule is CC[C@H](O)C[NH+](Cc1ccccc1)Cc1cccn1Cc1ccc(C(C)(C)C)cc1. The molecule has 0 spiro atoms. The van der Waals surface area contributed by atoms with Crippen LogP contribution in [0.5, 0.6) is 0 Å². The molecule has 0 radical (unpaired) electrons. The third-order valence-electron chi connectivity index (χ3n) is 5.82. The predicted octanol–water partition coefficient (Wildman–Crippen LogP) is 4.19. The number of rotatable bonds is 9. The van der Waals surface area contributed by atoms with Gasteiger partial charge in [-0.1, -0.05) is 82.3 Å². The van der Waals surface area contributed by atoms with Crippen LogP contribution in [0.15, 0.2) is 72.9 Å². The van der Waals surface area contributed by atoms with Gasteiger partial charge in [0.25, 0.3) is 0 Å². The molecule has 0 bridgehead atoms. The summed E-state index contributed by atoms with van der Waals surface area (Å²) in [5.74, 6) is 0. The first kappa shape index (κ1) is 22.3. The monoisotopic (exact) mass is 405 g/mol. The summed E-state index contributed by atoms with van der Waals surface area (Å²) in [6.45, 7) is 12.3. The maximum atomic E-state index is 10.3. The van der Waals surface area contributed by atoms with E-state index < -0.39 is 0 Å². The Morgan fingerprint density at radius 2 is 1.57 bits per heavy atom. The Hall–Kier alpha value is -2.36. The van der Waals surface area contributed by atoms with E-state index in [2.05, 4.69) is 105 Å². The van der Waals surface area contributed by atoms with Crippen molar-refractivity contribution in [3.05, 3.63) is 95.3 Å². The number of benzene rings is 2. The summed E-state index contributed by atoms with van der Waals surface area (Å²) >= 11 is 0. The van der Waals surface area contributed by atoms with E-state index in [1.54, 1.807) is 0 Å². The zero-order valence-electron chi connectivity index (χ0n) is 18.9. The summed E-state index contributed by atoms with van der Waals surface area (Å²) in [6, 6.07) is 23.9. The number of aliphatic hydroxyl groups is 1. The lowest BCUT2D eigenvalue weighted by atomic mass is 9.87. The molecule has 1 heterocycles. The lowest BCUT2D eigenvalue weighted by molar-refractivity contribution is -0.930. The highest BCUT2D eigenvalue weighted by Gasteiger charge is 2.17. The van der Waals surface area contributed by atoms with Gasteiger partial charge in [-0.3, -0.25) is 0 Å². The number of hydrogen-bond donors (Lipinski definition) is 2. The van der Waals surface area contributed by atoms with Gasteiger partial charge in [0, 0.05) is 18.3 Å². The second-order valence-electron chi connectivity index (χ2n) is 9.43. The van der Waals surface area contributed by atoms with Crippen LogP contribution >= 0.6 is 0 Å². The van der Waals surface area contributed by atoms with E-state index in [4.69, 9.17) is 0 Å². The zero-order chi connectivity index (χ0) is 21.6. The summed E-state index contributed by atoms with van der Waals surface area (Å²) in [7, 11) is 0. The second kappa shape index (κ2) is 10.1. The van der Waals surface area contributed by atoms with Gasteiger partial charge in [-0.2, -0.15) is 0 Å². The third-order valence-corrected chi connectivity index (χ3v) is 5.82. The molecule has 160 valence electrons. The molecular weight excluding hydrogens is 368 g/mol. The van der Waals surface area contributed by atoms with Crippen LogP contribution in [0.3, 0.4) is 0 Å². The van der Waals surface area contributed by atoms with E-state index in [0.29, 0.717) is 0 Å². The van der Waals surface area contributed by atoms with E-state index in [-0.39, 0.29) is 11.5 Å². The number of aliphatic hydroxyl groups excluding tert-OH is 1. The first-order chi connectivity index (χ1) is 14.3. The molecule has 0 amide bonds. The molecule has 2 aromatic carbocycles. The number of quaternary nitrogens is 1. The lowest BCUT2D eigenvalue weighted by Gasteiger charge is -2.23. The summed E-state index contributed by atoms with van der Waals surface area (Å²) in [5, 5.41) is 10.3. The van der Waals surface area contributed by atoms with E-state index in [0.717, 1.165) is 32.6 Å². The van der Waals surface area contributed by atoms with Crippen molar-refractivity contribution in [2.24, 2.45) is 0 Å². The highest BCUT2D eigenvalue weighted by molar-refractivity contribution is 5.28. The van der Waals surface area contributed by atoms with Crippen LogP contribution in [0, 0.1) is 0 Å². The Morgan fingerprint density at radius 3 is 2.20 bits per heavy atom. The minimum Gasteiger partial charge on any atom is -0.387 e. The molecule has 0 aliphatic rings. The van der Waals surface area contributed by atoms with Crippen LogP contribution in [0.1, 0.15) is 56.5 Å². The molecule has 0 saturated heterocycles. The van der Waals surface area contributed by atoms with Crippen LogP contribution in [0.2, 0.25) is 0 Å². The van der Waals surface area contributed by atoms with Crippen LogP contribution in [-0.4, -0.2) is 22.3 Å². The van der Waals surface area contributed by atoms with Crippen molar-refractivity contribution in [3.8, 4) is 0 Å². The largest absolute Gasteiger partial charge is 0.387 e. The van der Waals surface area contributed by atoms with Crippen molar-refractivity contribution >= 4 is 0 Å². The highest BCUT2D eigenvalue weighted by Crippen LogP contribution is 2.22. The molecule has 3 rings (SSSR count). The molecule has 0 aliphatic heterocycles. The normalized spacial score (nSPS) is 13.9. The lowest BCUT2D eigenvalue weighted by Crippen LogP contribution is -3.10. The zero-order valence-corrected chi connectivity index (χ0v) is 18.9. The van der Waals surface area contributed by atoms with E-state index in [1.165, 1.54) is 27.3 Å².